The molecular formula is C33H35F3N6O2. The maximum absolute atomic E-state index is 16.2. The first-order valence-corrected chi connectivity index (χ1v) is 15.7. The van der Waals surface area contributed by atoms with Gasteiger partial charge in [-0.05, 0) is 79.3 Å². The molecule has 4 saturated heterocycles. The highest BCUT2D eigenvalue weighted by molar-refractivity contribution is 6.01. The van der Waals surface area contributed by atoms with Crippen LogP contribution in [0.15, 0.2) is 30.3 Å². The number of hydrogen-bond acceptors (Lipinski definition) is 8. The van der Waals surface area contributed by atoms with Crippen molar-refractivity contribution in [3.8, 4) is 23.0 Å². The Morgan fingerprint density at radius 3 is 2.66 bits per heavy atom. The molecule has 4 atom stereocenters. The third-order valence-electron chi connectivity index (χ3n) is 10.1. The van der Waals surface area contributed by atoms with Crippen molar-refractivity contribution in [2.24, 2.45) is 0 Å². The van der Waals surface area contributed by atoms with Crippen molar-refractivity contribution in [2.75, 3.05) is 37.7 Å². The molecule has 2 N–H and O–H groups in total. The van der Waals surface area contributed by atoms with Crippen LogP contribution >= 0.6 is 0 Å². The van der Waals surface area contributed by atoms with E-state index in [1.807, 2.05) is 6.92 Å². The van der Waals surface area contributed by atoms with Gasteiger partial charge in [-0.25, -0.2) is 18.2 Å². The van der Waals surface area contributed by atoms with E-state index in [1.165, 1.54) is 24.3 Å². The van der Waals surface area contributed by atoms with Crippen molar-refractivity contribution in [1.29, 1.82) is 0 Å². The Kier molecular flexibility index (Phi) is 6.60. The average molecular weight is 605 g/mol. The van der Waals surface area contributed by atoms with Crippen LogP contribution in [0, 0.1) is 11.6 Å². The molecule has 0 saturated carbocycles. The van der Waals surface area contributed by atoms with Crippen molar-refractivity contribution in [1.82, 2.24) is 25.2 Å². The lowest BCUT2D eigenvalue weighted by atomic mass is 9.94. The van der Waals surface area contributed by atoms with Gasteiger partial charge in [0.2, 0.25) is 0 Å². The summed E-state index contributed by atoms with van der Waals surface area (Å²) in [5.41, 5.74) is 0.541. The van der Waals surface area contributed by atoms with Crippen LogP contribution in [0.5, 0.6) is 11.8 Å². The summed E-state index contributed by atoms with van der Waals surface area (Å²) in [4.78, 5) is 18.5. The Morgan fingerprint density at radius 1 is 1.05 bits per heavy atom. The van der Waals surface area contributed by atoms with Crippen molar-refractivity contribution in [3.63, 3.8) is 0 Å². The predicted molar refractivity (Wildman–Crippen MR) is 162 cm³/mol. The van der Waals surface area contributed by atoms with Gasteiger partial charge in [-0.15, -0.1) is 0 Å². The number of aryl methyl sites for hydroxylation is 1. The number of ether oxygens (including phenoxy) is 1. The smallest absolute Gasteiger partial charge is 0.320 e. The third-order valence-corrected chi connectivity index (χ3v) is 10.1. The van der Waals surface area contributed by atoms with Gasteiger partial charge in [-0.2, -0.15) is 9.97 Å². The number of hydrogen-bond donors (Lipinski definition) is 2. The van der Waals surface area contributed by atoms with Gasteiger partial charge in [-0.1, -0.05) is 13.0 Å². The predicted octanol–water partition coefficient (Wildman–Crippen LogP) is 5.29. The fourth-order valence-electron chi connectivity index (χ4n) is 8.14. The Bertz CT molecular complexity index is 1780. The highest BCUT2D eigenvalue weighted by atomic mass is 19.1. The van der Waals surface area contributed by atoms with E-state index in [-0.39, 0.29) is 35.2 Å². The number of nitrogens with zero attached hydrogens (tertiary/aromatic N) is 5. The van der Waals surface area contributed by atoms with Gasteiger partial charge in [0, 0.05) is 43.7 Å². The van der Waals surface area contributed by atoms with Crippen LogP contribution in [0.2, 0.25) is 0 Å². The SMILES string of the molecule is CCc1c(F)ccc2cc(O)cc(-c3nc4nc(OC[C@@]56CCCN5C[C@H](F)C6)nc(N5CC6CCC(C5)N6)c4cc3F)c12. The summed E-state index contributed by atoms with van der Waals surface area (Å²) in [6.07, 6.45) is 3.88. The lowest BCUT2D eigenvalue weighted by molar-refractivity contribution is 0.107. The van der Waals surface area contributed by atoms with Crippen molar-refractivity contribution in [2.45, 2.75) is 69.2 Å². The molecule has 2 bridgehead atoms. The maximum atomic E-state index is 16.2. The summed E-state index contributed by atoms with van der Waals surface area (Å²) in [6, 6.07) is 8.04. The number of pyridine rings is 1. The number of anilines is 1. The number of nitrogens with one attached hydrogen (secondary N) is 1. The van der Waals surface area contributed by atoms with Gasteiger partial charge in [0.25, 0.3) is 0 Å². The van der Waals surface area contributed by atoms with E-state index in [4.69, 9.17) is 14.7 Å². The minimum Gasteiger partial charge on any atom is -0.508 e. The van der Waals surface area contributed by atoms with E-state index in [0.29, 0.717) is 77.7 Å². The number of rotatable bonds is 6. The number of phenolic OH excluding ortho intramolecular Hbond substituents is 1. The Hall–Kier alpha value is -3.70. The Labute approximate surface area is 253 Å². The lowest BCUT2D eigenvalue weighted by Crippen LogP contribution is -2.51. The minimum atomic E-state index is -0.884. The molecule has 0 radical (unpaired) electrons. The third kappa shape index (κ3) is 4.54. The van der Waals surface area contributed by atoms with Gasteiger partial charge in [0.1, 0.15) is 41.7 Å². The molecule has 230 valence electrons. The first-order chi connectivity index (χ1) is 21.3. The fourth-order valence-corrected chi connectivity index (χ4v) is 8.14. The first-order valence-electron chi connectivity index (χ1n) is 15.7. The number of aromatic hydroxyl groups is 1. The normalized spacial score (nSPS) is 26.6. The number of piperazine rings is 1. The van der Waals surface area contributed by atoms with Crippen LogP contribution in [0.25, 0.3) is 33.1 Å². The van der Waals surface area contributed by atoms with Crippen LogP contribution < -0.4 is 15.0 Å². The Balaban J connectivity index is 1.27. The van der Waals surface area contributed by atoms with E-state index < -0.39 is 17.8 Å². The molecule has 4 aromatic rings. The second-order valence-corrected chi connectivity index (χ2v) is 12.9. The fraction of sp³-hybridized carbons (Fsp3) is 0.485. The van der Waals surface area contributed by atoms with E-state index >= 15 is 4.39 Å². The number of halogens is 3. The highest BCUT2D eigenvalue weighted by Gasteiger charge is 2.49. The second-order valence-electron chi connectivity index (χ2n) is 12.9. The van der Waals surface area contributed by atoms with E-state index in [0.717, 1.165) is 32.2 Å². The topological polar surface area (TPSA) is 86.6 Å². The zero-order valence-corrected chi connectivity index (χ0v) is 24.6. The summed E-state index contributed by atoms with van der Waals surface area (Å²) in [7, 11) is 0. The van der Waals surface area contributed by atoms with E-state index in [2.05, 4.69) is 20.1 Å². The second kappa shape index (κ2) is 10.4. The molecule has 2 aromatic carbocycles. The molecule has 11 heteroatoms. The zero-order valence-electron chi connectivity index (χ0n) is 24.6. The molecule has 4 aliphatic rings. The standard InChI is InChI=1S/C33H35F3N6O2/c1-2-23-26(35)7-4-18-10-22(43)11-24(28(18)23)29-27(36)12-25-30(38-29)39-32(40-31(25)41-15-20-5-6-21(16-41)37-20)44-17-33-8-3-9-42(33)14-19(34)13-33/h4,7,10-12,19-21,37,43H,2-3,5-6,8-9,13-17H2,1H3/t19-,20?,21?,33+/m1/s1. The number of benzene rings is 2. The molecule has 4 fully saturated rings. The molecule has 8 rings (SSSR count). The number of fused-ring (bicyclic) bond motifs is 5. The van der Waals surface area contributed by atoms with Gasteiger partial charge >= 0.3 is 6.01 Å². The Morgan fingerprint density at radius 2 is 1.86 bits per heavy atom. The van der Waals surface area contributed by atoms with Crippen LogP contribution in [0.4, 0.5) is 19.0 Å². The molecular weight excluding hydrogens is 569 g/mol. The van der Waals surface area contributed by atoms with Crippen LogP contribution in [0.3, 0.4) is 0 Å². The summed E-state index contributed by atoms with van der Waals surface area (Å²) >= 11 is 0. The van der Waals surface area contributed by atoms with Crippen molar-refractivity contribution < 1.29 is 23.0 Å². The number of phenols is 1. The molecule has 8 nitrogen and oxygen atoms in total. The van der Waals surface area contributed by atoms with Crippen LogP contribution in [-0.4, -0.2) is 81.5 Å². The average Bonchev–Trinajstić information content (AvgIpc) is 3.65. The molecule has 4 aliphatic heterocycles. The van der Waals surface area contributed by atoms with Gasteiger partial charge in [0.05, 0.1) is 10.9 Å². The monoisotopic (exact) mass is 604 g/mol. The van der Waals surface area contributed by atoms with Gasteiger partial charge < -0.3 is 20.1 Å². The molecule has 6 heterocycles. The van der Waals surface area contributed by atoms with Gasteiger partial charge in [0.15, 0.2) is 5.65 Å². The zero-order chi connectivity index (χ0) is 30.2. The lowest BCUT2D eigenvalue weighted by Gasteiger charge is -2.34. The minimum absolute atomic E-state index is 0.0358. The molecule has 44 heavy (non-hydrogen) atoms. The summed E-state index contributed by atoms with van der Waals surface area (Å²) in [5.74, 6) is -0.537. The maximum Gasteiger partial charge on any atom is 0.320 e. The number of aromatic nitrogens is 3. The molecule has 2 unspecified atom stereocenters. The molecule has 0 spiro atoms. The van der Waals surface area contributed by atoms with Gasteiger partial charge in [-0.3, -0.25) is 4.90 Å². The summed E-state index contributed by atoms with van der Waals surface area (Å²) in [6.45, 7) is 4.78. The molecule has 2 aromatic heterocycles. The van der Waals surface area contributed by atoms with Crippen molar-refractivity contribution in [3.05, 3.63) is 47.5 Å². The van der Waals surface area contributed by atoms with E-state index in [9.17, 15) is 13.9 Å². The van der Waals surface area contributed by atoms with Crippen LogP contribution in [0.1, 0.15) is 44.6 Å². The first kappa shape index (κ1) is 27.8. The largest absolute Gasteiger partial charge is 0.508 e. The molecule has 0 aliphatic carbocycles. The highest BCUT2D eigenvalue weighted by Crippen LogP contribution is 2.42. The van der Waals surface area contributed by atoms with E-state index in [1.54, 1.807) is 6.07 Å². The number of alkyl halides is 1. The van der Waals surface area contributed by atoms with Crippen LogP contribution in [-0.2, 0) is 6.42 Å². The van der Waals surface area contributed by atoms with Crippen molar-refractivity contribution >= 4 is 27.6 Å². The summed E-state index contributed by atoms with van der Waals surface area (Å²) in [5, 5.41) is 15.7. The summed E-state index contributed by atoms with van der Waals surface area (Å²) < 4.78 is 51.8. The quantitative estimate of drug-likeness (QED) is 0.307. The molecule has 0 amide bonds.